The Morgan fingerprint density at radius 2 is 2.00 bits per heavy atom. The molecule has 0 saturated carbocycles. The summed E-state index contributed by atoms with van der Waals surface area (Å²) in [5, 5.41) is 0. The van der Waals surface area contributed by atoms with Crippen molar-refractivity contribution < 1.29 is 9.53 Å². The van der Waals surface area contributed by atoms with Gasteiger partial charge in [-0.1, -0.05) is 12.1 Å². The molecule has 1 heterocycles. The van der Waals surface area contributed by atoms with Gasteiger partial charge in [-0.3, -0.25) is 4.79 Å². The topological polar surface area (TPSA) is 104 Å². The molecule has 0 atom stereocenters. The highest BCUT2D eigenvalue weighted by molar-refractivity contribution is 6.00. The highest BCUT2D eigenvalue weighted by atomic mass is 16.5. The first-order valence-electron chi connectivity index (χ1n) is 6.20. The van der Waals surface area contributed by atoms with Crippen molar-refractivity contribution in [1.29, 1.82) is 0 Å². The van der Waals surface area contributed by atoms with Crippen molar-refractivity contribution in [1.82, 2.24) is 9.97 Å². The number of anilines is 1. The lowest BCUT2D eigenvalue weighted by Crippen LogP contribution is -2.17. The first kappa shape index (κ1) is 13.8. The fraction of sp³-hybridized carbons (Fsp3) is 0.214. The van der Waals surface area contributed by atoms with Crippen molar-refractivity contribution in [2.75, 3.05) is 12.3 Å². The monoisotopic (exact) mass is 272 g/mol. The highest BCUT2D eigenvalue weighted by Crippen LogP contribution is 2.32. The van der Waals surface area contributed by atoms with Crippen molar-refractivity contribution in [3.8, 4) is 17.0 Å². The van der Waals surface area contributed by atoms with Crippen LogP contribution in [0.4, 0.5) is 5.95 Å². The Morgan fingerprint density at radius 3 is 2.65 bits per heavy atom. The molecule has 6 heteroatoms. The second-order valence-electron chi connectivity index (χ2n) is 4.18. The van der Waals surface area contributed by atoms with Gasteiger partial charge in [0.2, 0.25) is 5.95 Å². The van der Waals surface area contributed by atoms with Crippen molar-refractivity contribution in [2.45, 2.75) is 13.8 Å². The van der Waals surface area contributed by atoms with Crippen molar-refractivity contribution >= 4 is 11.9 Å². The Morgan fingerprint density at radius 1 is 1.30 bits per heavy atom. The molecule has 2 rings (SSSR count). The van der Waals surface area contributed by atoms with Crippen LogP contribution in [0.2, 0.25) is 0 Å². The van der Waals surface area contributed by atoms with E-state index in [2.05, 4.69) is 9.97 Å². The minimum Gasteiger partial charge on any atom is -0.493 e. The number of nitrogen functional groups attached to an aromatic ring is 1. The molecule has 20 heavy (non-hydrogen) atoms. The van der Waals surface area contributed by atoms with Gasteiger partial charge >= 0.3 is 0 Å². The van der Waals surface area contributed by atoms with E-state index in [0.717, 1.165) is 0 Å². The number of aryl methyl sites for hydroxylation is 1. The molecule has 0 aliphatic rings. The lowest BCUT2D eigenvalue weighted by atomic mass is 10.0. The Balaban J connectivity index is 2.72. The van der Waals surface area contributed by atoms with Gasteiger partial charge in [0.15, 0.2) is 0 Å². The van der Waals surface area contributed by atoms with E-state index in [4.69, 9.17) is 16.2 Å². The second-order valence-corrected chi connectivity index (χ2v) is 4.18. The molecular formula is C14H16N4O2. The van der Waals surface area contributed by atoms with Gasteiger partial charge in [-0.2, -0.15) is 0 Å². The van der Waals surface area contributed by atoms with Crippen LogP contribution in [0.25, 0.3) is 11.3 Å². The van der Waals surface area contributed by atoms with Crippen molar-refractivity contribution in [3.63, 3.8) is 0 Å². The van der Waals surface area contributed by atoms with Crippen LogP contribution in [0, 0.1) is 6.92 Å². The van der Waals surface area contributed by atoms with Crippen molar-refractivity contribution in [2.24, 2.45) is 5.73 Å². The molecule has 1 aromatic carbocycles. The summed E-state index contributed by atoms with van der Waals surface area (Å²) in [5.41, 5.74) is 12.9. The summed E-state index contributed by atoms with van der Waals surface area (Å²) in [6, 6.07) is 7.28. The molecule has 0 aliphatic carbocycles. The van der Waals surface area contributed by atoms with Crippen LogP contribution in [-0.2, 0) is 0 Å². The van der Waals surface area contributed by atoms with Gasteiger partial charge in [0.1, 0.15) is 5.75 Å². The molecule has 0 saturated heterocycles. The van der Waals surface area contributed by atoms with E-state index in [1.807, 2.05) is 19.1 Å². The van der Waals surface area contributed by atoms with E-state index in [-0.39, 0.29) is 11.5 Å². The number of nitrogens with two attached hydrogens (primary N) is 2. The number of rotatable bonds is 4. The van der Waals surface area contributed by atoms with Crippen molar-refractivity contribution in [3.05, 3.63) is 35.5 Å². The largest absolute Gasteiger partial charge is 0.493 e. The van der Waals surface area contributed by atoms with Crippen LogP contribution < -0.4 is 16.2 Å². The molecule has 0 fully saturated rings. The van der Waals surface area contributed by atoms with Crippen LogP contribution in [0.15, 0.2) is 24.3 Å². The molecule has 0 unspecified atom stereocenters. The number of carbonyl (C=O) groups excluding carboxylic acids is 1. The average Bonchev–Trinajstić information content (AvgIpc) is 2.38. The number of nitrogens with zero attached hydrogens (tertiary/aromatic N) is 2. The summed E-state index contributed by atoms with van der Waals surface area (Å²) in [4.78, 5) is 19.8. The summed E-state index contributed by atoms with van der Waals surface area (Å²) < 4.78 is 5.55. The van der Waals surface area contributed by atoms with Gasteiger partial charge in [-0.15, -0.1) is 0 Å². The highest BCUT2D eigenvalue weighted by Gasteiger charge is 2.19. The lowest BCUT2D eigenvalue weighted by Gasteiger charge is -2.13. The van der Waals surface area contributed by atoms with E-state index < -0.39 is 5.91 Å². The maximum atomic E-state index is 11.7. The third-order valence-corrected chi connectivity index (χ3v) is 2.80. The maximum absolute atomic E-state index is 11.7. The molecule has 0 radical (unpaired) electrons. The predicted molar refractivity (Wildman–Crippen MR) is 76.3 cm³/mol. The maximum Gasteiger partial charge on any atom is 0.252 e. The fourth-order valence-corrected chi connectivity index (χ4v) is 2.03. The van der Waals surface area contributed by atoms with E-state index in [1.54, 1.807) is 19.1 Å². The molecule has 0 spiro atoms. The minimum absolute atomic E-state index is 0.0915. The van der Waals surface area contributed by atoms with E-state index in [9.17, 15) is 4.79 Å². The van der Waals surface area contributed by atoms with Gasteiger partial charge in [0.25, 0.3) is 5.91 Å². The summed E-state index contributed by atoms with van der Waals surface area (Å²) in [6.45, 7) is 4.05. The number of para-hydroxylation sites is 1. The molecule has 104 valence electrons. The normalized spacial score (nSPS) is 10.3. The number of aromatic nitrogens is 2. The average molecular weight is 272 g/mol. The smallest absolute Gasteiger partial charge is 0.252 e. The zero-order valence-electron chi connectivity index (χ0n) is 11.4. The Labute approximate surface area is 116 Å². The molecule has 1 aromatic heterocycles. The third kappa shape index (κ3) is 2.54. The quantitative estimate of drug-likeness (QED) is 0.878. The van der Waals surface area contributed by atoms with Gasteiger partial charge < -0.3 is 16.2 Å². The van der Waals surface area contributed by atoms with Gasteiger partial charge in [0, 0.05) is 5.56 Å². The number of hydrogen-bond acceptors (Lipinski definition) is 5. The molecule has 6 nitrogen and oxygen atoms in total. The molecule has 0 bridgehead atoms. The van der Waals surface area contributed by atoms with Gasteiger partial charge in [-0.05, 0) is 26.0 Å². The summed E-state index contributed by atoms with van der Waals surface area (Å²) in [5.74, 6) is 0.118. The minimum atomic E-state index is -0.594. The number of primary amides is 1. The Bertz CT molecular complexity index is 656. The molecular weight excluding hydrogens is 256 g/mol. The number of hydrogen-bond donors (Lipinski definition) is 2. The Hall–Kier alpha value is -2.63. The van der Waals surface area contributed by atoms with Crippen LogP contribution in [-0.4, -0.2) is 22.5 Å². The first-order chi connectivity index (χ1) is 9.54. The standard InChI is InChI=1S/C14H16N4O2/c1-3-20-10-7-5-4-6-9(10)12-11(13(15)19)8(2)17-14(16)18-12/h4-7H,3H2,1-2H3,(H2,15,19)(H2,16,17,18). The molecule has 1 amide bonds. The fourth-order valence-electron chi connectivity index (χ4n) is 2.03. The van der Waals surface area contributed by atoms with E-state index >= 15 is 0 Å². The Kier molecular flexibility index (Phi) is 3.84. The second kappa shape index (κ2) is 5.56. The molecule has 4 N–H and O–H groups in total. The first-order valence-corrected chi connectivity index (χ1v) is 6.20. The van der Waals surface area contributed by atoms with Crippen LogP contribution in [0.5, 0.6) is 5.75 Å². The number of amides is 1. The molecule has 0 aliphatic heterocycles. The van der Waals surface area contributed by atoms with E-state index in [0.29, 0.717) is 29.3 Å². The zero-order valence-corrected chi connectivity index (χ0v) is 11.4. The zero-order chi connectivity index (χ0) is 14.7. The van der Waals surface area contributed by atoms with Gasteiger partial charge in [0.05, 0.1) is 23.6 Å². The number of carbonyl (C=O) groups is 1. The summed E-state index contributed by atoms with van der Waals surface area (Å²) in [7, 11) is 0. The van der Waals surface area contributed by atoms with Crippen LogP contribution in [0.3, 0.4) is 0 Å². The molecule has 2 aromatic rings. The number of ether oxygens (including phenoxy) is 1. The third-order valence-electron chi connectivity index (χ3n) is 2.80. The predicted octanol–water partition coefficient (Wildman–Crippen LogP) is 1.53. The van der Waals surface area contributed by atoms with E-state index in [1.165, 1.54) is 0 Å². The summed E-state index contributed by atoms with van der Waals surface area (Å²) in [6.07, 6.45) is 0. The summed E-state index contributed by atoms with van der Waals surface area (Å²) >= 11 is 0. The van der Waals surface area contributed by atoms with Crippen LogP contribution >= 0.6 is 0 Å². The van der Waals surface area contributed by atoms with Crippen LogP contribution in [0.1, 0.15) is 23.0 Å². The SMILES string of the molecule is CCOc1ccccc1-c1nc(N)nc(C)c1C(N)=O. The number of benzene rings is 1. The van der Waals surface area contributed by atoms with Gasteiger partial charge in [-0.25, -0.2) is 9.97 Å². The lowest BCUT2D eigenvalue weighted by molar-refractivity contribution is 0.0999.